The number of hydrogen-bond donors (Lipinski definition) is 3. The van der Waals surface area contributed by atoms with Gasteiger partial charge in [0, 0.05) is 12.6 Å². The highest BCUT2D eigenvalue weighted by Crippen LogP contribution is 2.25. The quantitative estimate of drug-likeness (QED) is 0.242. The van der Waals surface area contributed by atoms with Crippen molar-refractivity contribution < 1.29 is 14.6 Å². The Labute approximate surface area is 142 Å². The fourth-order valence-electron chi connectivity index (χ4n) is 2.04. The van der Waals surface area contributed by atoms with Crippen LogP contribution in [0.5, 0.6) is 0 Å². The van der Waals surface area contributed by atoms with E-state index < -0.39 is 6.03 Å². The van der Waals surface area contributed by atoms with E-state index in [0.29, 0.717) is 11.4 Å². The van der Waals surface area contributed by atoms with Crippen LogP contribution in [0.1, 0.15) is 25.0 Å². The van der Waals surface area contributed by atoms with E-state index in [4.69, 9.17) is 21.5 Å². The summed E-state index contributed by atoms with van der Waals surface area (Å²) >= 11 is 0. The minimum atomic E-state index is -0.538. The van der Waals surface area contributed by atoms with Crippen molar-refractivity contribution in [2.45, 2.75) is 27.4 Å². The van der Waals surface area contributed by atoms with Crippen molar-refractivity contribution in [2.75, 3.05) is 18.7 Å². The van der Waals surface area contributed by atoms with Crippen LogP contribution in [0.25, 0.3) is 0 Å². The summed E-state index contributed by atoms with van der Waals surface area (Å²) in [5.74, 6) is 12.0. The molecule has 2 amide bonds. The highest BCUT2D eigenvalue weighted by Gasteiger charge is 2.19. The number of hydrogen-bond acceptors (Lipinski definition) is 5. The standard InChI is InChI=1S/C17H26N4O3/c1-12(2)16(9-6-10-22)24-11-14-13(3)7-5-8-15(14)21(19)17(23)20(4)18/h5-9,22H,10-11,18-19H2,1-4H3/b9-6-. The summed E-state index contributed by atoms with van der Waals surface area (Å²) in [5, 5.41) is 10.8. The van der Waals surface area contributed by atoms with Gasteiger partial charge in [0.25, 0.3) is 0 Å². The van der Waals surface area contributed by atoms with Crippen molar-refractivity contribution in [3.8, 4) is 0 Å². The van der Waals surface area contributed by atoms with Gasteiger partial charge < -0.3 is 9.84 Å². The normalized spacial score (nSPS) is 10.6. The summed E-state index contributed by atoms with van der Waals surface area (Å²) in [5.41, 5.74) is 3.22. The van der Waals surface area contributed by atoms with E-state index in [9.17, 15) is 4.79 Å². The summed E-state index contributed by atoms with van der Waals surface area (Å²) in [6, 6.07) is 4.92. The highest BCUT2D eigenvalue weighted by atomic mass is 16.5. The number of aliphatic hydroxyl groups excluding tert-OH is 1. The molecule has 7 nitrogen and oxygen atoms in total. The van der Waals surface area contributed by atoms with Gasteiger partial charge in [0.15, 0.2) is 0 Å². The second-order valence-corrected chi connectivity index (χ2v) is 5.57. The third kappa shape index (κ3) is 5.09. The number of nitrogens with zero attached hydrogens (tertiary/aromatic N) is 2. The van der Waals surface area contributed by atoms with E-state index in [1.807, 2.05) is 32.9 Å². The van der Waals surface area contributed by atoms with Crippen LogP contribution in [-0.2, 0) is 11.3 Å². The molecule has 0 spiro atoms. The van der Waals surface area contributed by atoms with Gasteiger partial charge in [0.05, 0.1) is 12.3 Å². The molecule has 0 atom stereocenters. The Hall–Kier alpha value is -2.35. The van der Waals surface area contributed by atoms with Crippen LogP contribution in [0.4, 0.5) is 10.5 Å². The summed E-state index contributed by atoms with van der Waals surface area (Å²) < 4.78 is 5.85. The highest BCUT2D eigenvalue weighted by molar-refractivity contribution is 5.91. The molecule has 0 radical (unpaired) electrons. The van der Waals surface area contributed by atoms with Gasteiger partial charge in [-0.15, -0.1) is 0 Å². The third-order valence-electron chi connectivity index (χ3n) is 3.39. The van der Waals surface area contributed by atoms with E-state index >= 15 is 0 Å². The molecule has 1 aromatic rings. The Morgan fingerprint density at radius 2 is 2.00 bits per heavy atom. The van der Waals surface area contributed by atoms with Crippen molar-refractivity contribution in [3.05, 3.63) is 52.8 Å². The zero-order chi connectivity index (χ0) is 18.3. The number of hydrazine groups is 2. The Bertz CT molecular complexity index is 635. The molecule has 0 aliphatic heterocycles. The minimum Gasteiger partial charge on any atom is -0.489 e. The molecule has 0 heterocycles. The molecule has 24 heavy (non-hydrogen) atoms. The largest absolute Gasteiger partial charge is 0.489 e. The van der Waals surface area contributed by atoms with Gasteiger partial charge in [-0.25, -0.2) is 21.5 Å². The summed E-state index contributed by atoms with van der Waals surface area (Å²) in [7, 11) is 1.43. The first-order valence-electron chi connectivity index (χ1n) is 7.53. The number of ether oxygens (including phenoxy) is 1. The lowest BCUT2D eigenvalue weighted by atomic mass is 10.1. The van der Waals surface area contributed by atoms with E-state index in [0.717, 1.165) is 26.7 Å². The van der Waals surface area contributed by atoms with Crippen LogP contribution >= 0.6 is 0 Å². The molecule has 1 rings (SSSR count). The Balaban J connectivity index is 3.10. The number of aliphatic hydroxyl groups is 1. The lowest BCUT2D eigenvalue weighted by Gasteiger charge is -2.24. The van der Waals surface area contributed by atoms with E-state index in [1.165, 1.54) is 7.05 Å². The van der Waals surface area contributed by atoms with Crippen LogP contribution in [0.3, 0.4) is 0 Å². The first-order valence-corrected chi connectivity index (χ1v) is 7.53. The molecular formula is C17H26N4O3. The third-order valence-corrected chi connectivity index (χ3v) is 3.39. The smallest absolute Gasteiger partial charge is 0.352 e. The lowest BCUT2D eigenvalue weighted by molar-refractivity contribution is 0.206. The number of allylic oxidation sites excluding steroid dienone is 2. The van der Waals surface area contributed by atoms with Crippen LogP contribution in [0, 0.1) is 6.92 Å². The number of carbonyl (C=O) groups is 1. The zero-order valence-electron chi connectivity index (χ0n) is 14.6. The average molecular weight is 334 g/mol. The SMILES string of the molecule is CC(C)=C(/C=C\CO)OCc1c(C)cccc1N(N)C(=O)N(C)N. The molecular weight excluding hydrogens is 308 g/mol. The van der Waals surface area contributed by atoms with Gasteiger partial charge in [-0.05, 0) is 44.1 Å². The van der Waals surface area contributed by atoms with Crippen molar-refractivity contribution in [2.24, 2.45) is 11.7 Å². The minimum absolute atomic E-state index is 0.0658. The van der Waals surface area contributed by atoms with Gasteiger partial charge in [0.2, 0.25) is 0 Å². The maximum Gasteiger partial charge on any atom is 0.352 e. The second kappa shape index (κ2) is 9.07. The van der Waals surface area contributed by atoms with Crippen LogP contribution in [0.15, 0.2) is 41.7 Å². The molecule has 1 aromatic carbocycles. The fraction of sp³-hybridized carbons (Fsp3) is 0.353. The Kier molecular flexibility index (Phi) is 7.44. The molecule has 0 aromatic heterocycles. The monoisotopic (exact) mass is 334 g/mol. The molecule has 0 aliphatic rings. The topological polar surface area (TPSA) is 105 Å². The predicted octanol–water partition coefficient (Wildman–Crippen LogP) is 1.96. The number of amides is 2. The number of urea groups is 1. The van der Waals surface area contributed by atoms with Crippen molar-refractivity contribution >= 4 is 11.7 Å². The number of rotatable bonds is 6. The summed E-state index contributed by atoms with van der Waals surface area (Å²) in [6.07, 6.45) is 3.32. The van der Waals surface area contributed by atoms with E-state index in [1.54, 1.807) is 18.2 Å². The van der Waals surface area contributed by atoms with E-state index in [-0.39, 0.29) is 13.2 Å². The zero-order valence-corrected chi connectivity index (χ0v) is 14.6. The van der Waals surface area contributed by atoms with E-state index in [2.05, 4.69) is 0 Å². The molecule has 0 bridgehead atoms. The van der Waals surface area contributed by atoms with Crippen molar-refractivity contribution in [3.63, 3.8) is 0 Å². The summed E-state index contributed by atoms with van der Waals surface area (Å²) in [6.45, 7) is 5.91. The molecule has 0 saturated carbocycles. The van der Waals surface area contributed by atoms with Gasteiger partial charge >= 0.3 is 6.03 Å². The second-order valence-electron chi connectivity index (χ2n) is 5.57. The number of anilines is 1. The van der Waals surface area contributed by atoms with Crippen LogP contribution < -0.4 is 16.7 Å². The molecule has 0 aliphatic carbocycles. The molecule has 5 N–H and O–H groups in total. The Morgan fingerprint density at radius 1 is 1.33 bits per heavy atom. The average Bonchev–Trinajstić information content (AvgIpc) is 2.54. The maximum atomic E-state index is 12.0. The van der Waals surface area contributed by atoms with Gasteiger partial charge in [-0.1, -0.05) is 18.2 Å². The maximum absolute atomic E-state index is 12.0. The molecule has 132 valence electrons. The number of aryl methyl sites for hydroxylation is 1. The first-order chi connectivity index (χ1) is 11.3. The number of nitrogens with two attached hydrogens (primary N) is 2. The molecule has 0 unspecified atom stereocenters. The van der Waals surface area contributed by atoms with Gasteiger partial charge in [-0.3, -0.25) is 5.01 Å². The van der Waals surface area contributed by atoms with Crippen molar-refractivity contribution in [1.82, 2.24) is 5.01 Å². The molecule has 0 saturated heterocycles. The number of benzene rings is 1. The molecule has 7 heteroatoms. The first kappa shape index (κ1) is 19.7. The number of carbonyl (C=O) groups excluding carboxylic acids is 1. The van der Waals surface area contributed by atoms with Gasteiger partial charge in [0.1, 0.15) is 12.4 Å². The van der Waals surface area contributed by atoms with Crippen LogP contribution in [-0.4, -0.2) is 29.8 Å². The molecule has 0 fully saturated rings. The lowest BCUT2D eigenvalue weighted by Crippen LogP contribution is -2.49. The van der Waals surface area contributed by atoms with Gasteiger partial charge in [-0.2, -0.15) is 0 Å². The fourth-order valence-corrected chi connectivity index (χ4v) is 2.04. The Morgan fingerprint density at radius 3 is 2.54 bits per heavy atom. The van der Waals surface area contributed by atoms with Crippen LogP contribution in [0.2, 0.25) is 0 Å². The predicted molar refractivity (Wildman–Crippen MR) is 94.6 cm³/mol. The van der Waals surface area contributed by atoms with Crippen molar-refractivity contribution in [1.29, 1.82) is 0 Å². The summed E-state index contributed by atoms with van der Waals surface area (Å²) in [4.78, 5) is 12.0.